The van der Waals surface area contributed by atoms with Gasteiger partial charge >= 0.3 is 0 Å². The van der Waals surface area contributed by atoms with Crippen molar-refractivity contribution in [2.75, 3.05) is 6.54 Å². The SMILES string of the molecule is CC1CCCC(CN)(C(O)c2cc(F)ccc2Br)C1. The molecule has 4 heteroatoms. The van der Waals surface area contributed by atoms with Crippen LogP contribution in [-0.2, 0) is 0 Å². The van der Waals surface area contributed by atoms with Gasteiger partial charge in [-0.1, -0.05) is 35.7 Å². The molecule has 1 fully saturated rings. The Balaban J connectivity index is 2.34. The van der Waals surface area contributed by atoms with Gasteiger partial charge in [-0.2, -0.15) is 0 Å². The molecule has 1 aliphatic carbocycles. The van der Waals surface area contributed by atoms with E-state index in [1.807, 2.05) is 0 Å². The lowest BCUT2D eigenvalue weighted by molar-refractivity contribution is -0.0136. The minimum Gasteiger partial charge on any atom is -0.388 e. The first-order valence-corrected chi connectivity index (χ1v) is 7.61. The highest BCUT2D eigenvalue weighted by molar-refractivity contribution is 9.10. The highest BCUT2D eigenvalue weighted by atomic mass is 79.9. The summed E-state index contributed by atoms with van der Waals surface area (Å²) in [5, 5.41) is 10.7. The number of aliphatic hydroxyl groups is 1. The molecule has 0 amide bonds. The van der Waals surface area contributed by atoms with E-state index in [1.54, 1.807) is 6.07 Å². The van der Waals surface area contributed by atoms with Crippen molar-refractivity contribution in [3.05, 3.63) is 34.1 Å². The van der Waals surface area contributed by atoms with Crippen LogP contribution in [0.15, 0.2) is 22.7 Å². The van der Waals surface area contributed by atoms with Gasteiger partial charge in [-0.15, -0.1) is 0 Å². The number of halogens is 2. The van der Waals surface area contributed by atoms with Gasteiger partial charge in [0.25, 0.3) is 0 Å². The summed E-state index contributed by atoms with van der Waals surface area (Å²) < 4.78 is 14.2. The van der Waals surface area contributed by atoms with Crippen LogP contribution in [0.5, 0.6) is 0 Å². The van der Waals surface area contributed by atoms with Crippen LogP contribution in [0.3, 0.4) is 0 Å². The molecule has 1 aromatic carbocycles. The Morgan fingerprint density at radius 1 is 1.58 bits per heavy atom. The summed E-state index contributed by atoms with van der Waals surface area (Å²) in [6.07, 6.45) is 3.33. The Labute approximate surface area is 122 Å². The van der Waals surface area contributed by atoms with Crippen molar-refractivity contribution in [3.63, 3.8) is 0 Å². The average molecular weight is 330 g/mol. The maximum atomic E-state index is 13.4. The number of rotatable bonds is 3. The molecule has 1 saturated carbocycles. The average Bonchev–Trinajstić information content (AvgIpc) is 2.40. The largest absolute Gasteiger partial charge is 0.388 e. The van der Waals surface area contributed by atoms with Crippen LogP contribution in [0.1, 0.15) is 44.3 Å². The van der Waals surface area contributed by atoms with Gasteiger partial charge in [-0.3, -0.25) is 0 Å². The summed E-state index contributed by atoms with van der Waals surface area (Å²) in [5.74, 6) is 0.229. The molecule has 0 bridgehead atoms. The predicted octanol–water partition coefficient (Wildman–Crippen LogP) is 3.78. The molecule has 1 aromatic rings. The van der Waals surface area contributed by atoms with Gasteiger partial charge in [0.2, 0.25) is 0 Å². The van der Waals surface area contributed by atoms with Crippen LogP contribution in [0, 0.1) is 17.2 Å². The monoisotopic (exact) mass is 329 g/mol. The Kier molecular flexibility index (Phi) is 4.64. The smallest absolute Gasteiger partial charge is 0.123 e. The number of hydrogen-bond acceptors (Lipinski definition) is 2. The Hall–Kier alpha value is -0.450. The summed E-state index contributed by atoms with van der Waals surface area (Å²) in [6.45, 7) is 2.62. The van der Waals surface area contributed by atoms with Gasteiger partial charge in [-0.25, -0.2) is 4.39 Å². The topological polar surface area (TPSA) is 46.2 Å². The Morgan fingerprint density at radius 2 is 2.32 bits per heavy atom. The van der Waals surface area contributed by atoms with Gasteiger partial charge < -0.3 is 10.8 Å². The van der Waals surface area contributed by atoms with Crippen LogP contribution in [0.25, 0.3) is 0 Å². The first kappa shape index (κ1) is 14.9. The van der Waals surface area contributed by atoms with Crippen LogP contribution in [-0.4, -0.2) is 11.7 Å². The molecule has 0 aliphatic heterocycles. The van der Waals surface area contributed by atoms with E-state index in [-0.39, 0.29) is 11.2 Å². The highest BCUT2D eigenvalue weighted by Crippen LogP contribution is 2.48. The van der Waals surface area contributed by atoms with Crippen LogP contribution >= 0.6 is 15.9 Å². The first-order valence-electron chi connectivity index (χ1n) is 6.81. The van der Waals surface area contributed by atoms with Gasteiger partial charge in [0.05, 0.1) is 6.10 Å². The molecule has 2 nitrogen and oxygen atoms in total. The van der Waals surface area contributed by atoms with Crippen molar-refractivity contribution in [1.82, 2.24) is 0 Å². The molecular weight excluding hydrogens is 309 g/mol. The zero-order valence-electron chi connectivity index (χ0n) is 11.2. The second-order valence-electron chi connectivity index (χ2n) is 5.84. The summed E-state index contributed by atoms with van der Waals surface area (Å²) in [7, 11) is 0. The van der Waals surface area contributed by atoms with Crippen LogP contribution < -0.4 is 5.73 Å². The molecular formula is C15H21BrFNO. The lowest BCUT2D eigenvalue weighted by atomic mass is 9.65. The number of nitrogens with two attached hydrogens (primary N) is 1. The molecule has 1 aliphatic rings. The first-order chi connectivity index (χ1) is 8.98. The third-order valence-electron chi connectivity index (χ3n) is 4.37. The lowest BCUT2D eigenvalue weighted by Gasteiger charge is -2.43. The Morgan fingerprint density at radius 3 is 2.95 bits per heavy atom. The normalized spacial score (nSPS) is 29.2. The van der Waals surface area contributed by atoms with Crippen molar-refractivity contribution in [3.8, 4) is 0 Å². The van der Waals surface area contributed by atoms with Gasteiger partial charge in [0.15, 0.2) is 0 Å². The molecule has 19 heavy (non-hydrogen) atoms. The lowest BCUT2D eigenvalue weighted by Crippen LogP contribution is -2.40. The van der Waals surface area contributed by atoms with Crippen molar-refractivity contribution in [1.29, 1.82) is 0 Å². The van der Waals surface area contributed by atoms with E-state index in [0.717, 1.165) is 23.7 Å². The second-order valence-corrected chi connectivity index (χ2v) is 6.69. The van der Waals surface area contributed by atoms with Gasteiger partial charge in [-0.05, 0) is 42.5 Å². The fourth-order valence-electron chi connectivity index (χ4n) is 3.30. The molecule has 3 N–H and O–H groups in total. The highest BCUT2D eigenvalue weighted by Gasteiger charge is 2.41. The number of hydrogen-bond donors (Lipinski definition) is 2. The quantitative estimate of drug-likeness (QED) is 0.886. The van der Waals surface area contributed by atoms with Crippen LogP contribution in [0.4, 0.5) is 4.39 Å². The van der Waals surface area contributed by atoms with Crippen molar-refractivity contribution in [2.24, 2.45) is 17.1 Å². The molecule has 3 atom stereocenters. The minimum atomic E-state index is -0.717. The molecule has 0 spiro atoms. The minimum absolute atomic E-state index is 0.325. The van der Waals surface area contributed by atoms with Crippen LogP contribution in [0.2, 0.25) is 0 Å². The van der Waals surface area contributed by atoms with Crippen molar-refractivity contribution < 1.29 is 9.50 Å². The van der Waals surface area contributed by atoms with E-state index >= 15 is 0 Å². The summed E-state index contributed by atoms with van der Waals surface area (Å²) >= 11 is 3.40. The zero-order valence-corrected chi connectivity index (χ0v) is 12.8. The fourth-order valence-corrected chi connectivity index (χ4v) is 3.76. The third kappa shape index (κ3) is 3.01. The molecule has 0 saturated heterocycles. The predicted molar refractivity (Wildman–Crippen MR) is 78.2 cm³/mol. The maximum Gasteiger partial charge on any atom is 0.123 e. The van der Waals surface area contributed by atoms with Crippen molar-refractivity contribution in [2.45, 2.75) is 38.7 Å². The zero-order chi connectivity index (χ0) is 14.0. The summed E-state index contributed by atoms with van der Waals surface area (Å²) in [6, 6.07) is 4.44. The molecule has 0 radical (unpaired) electrons. The van der Waals surface area contributed by atoms with E-state index in [1.165, 1.54) is 18.6 Å². The van der Waals surface area contributed by atoms with Gasteiger partial charge in [0.1, 0.15) is 5.82 Å². The third-order valence-corrected chi connectivity index (χ3v) is 5.09. The second kappa shape index (κ2) is 5.90. The number of aliphatic hydroxyl groups excluding tert-OH is 1. The molecule has 3 unspecified atom stereocenters. The molecule has 0 aromatic heterocycles. The molecule has 106 valence electrons. The summed E-state index contributed by atoms with van der Waals surface area (Å²) in [4.78, 5) is 0. The fraction of sp³-hybridized carbons (Fsp3) is 0.600. The van der Waals surface area contributed by atoms with E-state index in [2.05, 4.69) is 22.9 Å². The van der Waals surface area contributed by atoms with E-state index in [4.69, 9.17) is 5.73 Å². The van der Waals surface area contributed by atoms with Crippen molar-refractivity contribution >= 4 is 15.9 Å². The number of benzene rings is 1. The van der Waals surface area contributed by atoms with Gasteiger partial charge in [0, 0.05) is 16.4 Å². The Bertz CT molecular complexity index is 454. The van der Waals surface area contributed by atoms with E-state index in [0.29, 0.717) is 18.0 Å². The molecule has 2 rings (SSSR count). The standard InChI is InChI=1S/C15H21BrFNO/c1-10-3-2-6-15(8-10,9-18)14(19)12-7-11(17)4-5-13(12)16/h4-5,7,10,14,19H,2-3,6,8-9,18H2,1H3. The van der Waals surface area contributed by atoms with E-state index < -0.39 is 6.10 Å². The van der Waals surface area contributed by atoms with E-state index in [9.17, 15) is 9.50 Å². The summed E-state index contributed by atoms with van der Waals surface area (Å²) in [5.41, 5.74) is 6.24. The maximum absolute atomic E-state index is 13.4. The molecule has 0 heterocycles.